The largest absolute Gasteiger partial charge is 0.511 e. The molecule has 7 heteroatoms. The fraction of sp³-hybridized carbons (Fsp3) is 0.133. The number of anilines is 1. The van der Waals surface area contributed by atoms with Gasteiger partial charge in [0.2, 0.25) is 0 Å². The molecule has 0 bridgehead atoms. The van der Waals surface area contributed by atoms with E-state index >= 15 is 0 Å². The Labute approximate surface area is 129 Å². The fourth-order valence-electron chi connectivity index (χ4n) is 2.67. The van der Waals surface area contributed by atoms with E-state index in [2.05, 4.69) is 15.3 Å². The van der Waals surface area contributed by atoms with Gasteiger partial charge in [0, 0.05) is 24.2 Å². The minimum atomic E-state index is -0.378. The number of aliphatic hydroxyl groups excluding tert-OH is 1. The molecule has 22 heavy (non-hydrogen) atoms. The summed E-state index contributed by atoms with van der Waals surface area (Å²) in [7, 11) is 0. The van der Waals surface area contributed by atoms with Crippen LogP contribution < -0.4 is 5.32 Å². The maximum absolute atomic E-state index is 12.5. The second kappa shape index (κ2) is 4.96. The Balaban J connectivity index is 1.80. The summed E-state index contributed by atoms with van der Waals surface area (Å²) in [6.07, 6.45) is 4.61. The molecule has 110 valence electrons. The van der Waals surface area contributed by atoms with E-state index in [9.17, 15) is 9.90 Å². The van der Waals surface area contributed by atoms with Crippen molar-refractivity contribution >= 4 is 33.6 Å². The zero-order valence-corrected chi connectivity index (χ0v) is 12.3. The van der Waals surface area contributed by atoms with Gasteiger partial charge in [-0.25, -0.2) is 9.97 Å². The van der Waals surface area contributed by atoms with Gasteiger partial charge in [-0.2, -0.15) is 0 Å². The molecule has 0 saturated carbocycles. The van der Waals surface area contributed by atoms with Crippen molar-refractivity contribution in [2.24, 2.45) is 0 Å². The zero-order valence-electron chi connectivity index (χ0n) is 11.5. The van der Waals surface area contributed by atoms with Gasteiger partial charge in [-0.05, 0) is 18.6 Å². The van der Waals surface area contributed by atoms with Gasteiger partial charge in [0.1, 0.15) is 22.7 Å². The van der Waals surface area contributed by atoms with Crippen molar-refractivity contribution in [2.75, 3.05) is 5.32 Å². The minimum Gasteiger partial charge on any atom is -0.511 e. The van der Waals surface area contributed by atoms with Crippen LogP contribution in [0, 0.1) is 0 Å². The monoisotopic (exact) mass is 312 g/mol. The van der Waals surface area contributed by atoms with Crippen LogP contribution in [-0.4, -0.2) is 25.4 Å². The van der Waals surface area contributed by atoms with Gasteiger partial charge in [-0.3, -0.25) is 10.1 Å². The van der Waals surface area contributed by atoms with Crippen LogP contribution in [0.2, 0.25) is 0 Å². The summed E-state index contributed by atoms with van der Waals surface area (Å²) in [4.78, 5) is 21.0. The summed E-state index contributed by atoms with van der Waals surface area (Å²) in [5.41, 5.74) is 2.49. The van der Waals surface area contributed by atoms with Crippen molar-refractivity contribution in [2.45, 2.75) is 12.8 Å². The third kappa shape index (κ3) is 1.98. The molecule has 0 aliphatic heterocycles. The number of hydrogen-bond donors (Lipinski definition) is 2. The van der Waals surface area contributed by atoms with Crippen molar-refractivity contribution in [1.29, 1.82) is 0 Å². The molecular weight excluding hydrogens is 300 g/mol. The highest BCUT2D eigenvalue weighted by atomic mass is 32.1. The van der Waals surface area contributed by atoms with Gasteiger partial charge in [-0.15, -0.1) is 11.3 Å². The fourth-order valence-corrected chi connectivity index (χ4v) is 3.19. The molecule has 4 rings (SSSR count). The number of hydrogen-bond acceptors (Lipinski definition) is 5. The van der Waals surface area contributed by atoms with E-state index in [0.29, 0.717) is 23.7 Å². The van der Waals surface area contributed by atoms with E-state index < -0.39 is 0 Å². The standard InChI is InChI=1S/C15H12N4O2S/c20-10-5-4-9-13(17-11-3-1-2-7-19(9)11)12(10)14(21)18-15-16-6-8-22-15/h1-3,6-8,20H,4-5H2,(H,16,18,21). The molecule has 0 radical (unpaired) electrons. The molecule has 3 aromatic heterocycles. The molecule has 1 amide bonds. The minimum absolute atomic E-state index is 0.0740. The molecular formula is C15H12N4O2S. The predicted molar refractivity (Wildman–Crippen MR) is 83.8 cm³/mol. The Morgan fingerprint density at radius 3 is 3.09 bits per heavy atom. The van der Waals surface area contributed by atoms with Crippen LogP contribution in [0.1, 0.15) is 17.8 Å². The highest BCUT2D eigenvalue weighted by Crippen LogP contribution is 2.31. The van der Waals surface area contributed by atoms with E-state index in [1.807, 2.05) is 28.8 Å². The lowest BCUT2D eigenvalue weighted by atomic mass is 9.97. The Bertz CT molecular complexity index is 896. The second-order valence-corrected chi connectivity index (χ2v) is 5.84. The van der Waals surface area contributed by atoms with Crippen LogP contribution in [-0.2, 0) is 11.2 Å². The van der Waals surface area contributed by atoms with Gasteiger partial charge in [0.15, 0.2) is 5.13 Å². The first-order valence-electron chi connectivity index (χ1n) is 6.83. The molecule has 0 saturated heterocycles. The molecule has 0 aromatic carbocycles. The molecule has 1 aliphatic rings. The molecule has 3 heterocycles. The Hall–Kier alpha value is -2.67. The van der Waals surface area contributed by atoms with Gasteiger partial charge in [0.25, 0.3) is 5.91 Å². The molecule has 0 atom stereocenters. The maximum Gasteiger partial charge on any atom is 0.263 e. The number of imidazole rings is 1. The third-order valence-electron chi connectivity index (χ3n) is 3.63. The number of rotatable bonds is 2. The average molecular weight is 312 g/mol. The normalized spacial score (nSPS) is 14.2. The lowest BCUT2D eigenvalue weighted by Crippen LogP contribution is -2.19. The third-order valence-corrected chi connectivity index (χ3v) is 4.32. The van der Waals surface area contributed by atoms with Gasteiger partial charge >= 0.3 is 0 Å². The van der Waals surface area contributed by atoms with E-state index in [1.54, 1.807) is 11.6 Å². The highest BCUT2D eigenvalue weighted by molar-refractivity contribution is 7.13. The molecule has 0 spiro atoms. The summed E-state index contributed by atoms with van der Waals surface area (Å²) >= 11 is 1.33. The van der Waals surface area contributed by atoms with E-state index in [0.717, 1.165) is 11.3 Å². The average Bonchev–Trinajstić information content (AvgIpc) is 3.13. The summed E-state index contributed by atoms with van der Waals surface area (Å²) in [5.74, 6) is -0.304. The molecule has 1 aliphatic carbocycles. The Kier molecular flexibility index (Phi) is 2.93. The van der Waals surface area contributed by atoms with Crippen molar-refractivity contribution in [3.8, 4) is 0 Å². The molecule has 3 aromatic rings. The van der Waals surface area contributed by atoms with Crippen molar-refractivity contribution in [3.05, 3.63) is 53.1 Å². The first-order chi connectivity index (χ1) is 10.7. The maximum atomic E-state index is 12.5. The van der Waals surface area contributed by atoms with Crippen LogP contribution >= 0.6 is 11.3 Å². The SMILES string of the molecule is O=C(Nc1nccs1)C1=C(O)CCc2c1nc1ccccn21. The number of thiazole rings is 1. The van der Waals surface area contributed by atoms with Crippen molar-refractivity contribution in [3.63, 3.8) is 0 Å². The number of aliphatic hydroxyl groups is 1. The summed E-state index contributed by atoms with van der Waals surface area (Å²) in [6.45, 7) is 0. The van der Waals surface area contributed by atoms with Gasteiger partial charge in [0.05, 0.1) is 5.69 Å². The number of carbonyl (C=O) groups is 1. The Morgan fingerprint density at radius 2 is 2.27 bits per heavy atom. The smallest absolute Gasteiger partial charge is 0.263 e. The highest BCUT2D eigenvalue weighted by Gasteiger charge is 2.29. The lowest BCUT2D eigenvalue weighted by molar-refractivity contribution is -0.111. The van der Waals surface area contributed by atoms with Crippen LogP contribution in [0.3, 0.4) is 0 Å². The van der Waals surface area contributed by atoms with E-state index in [1.165, 1.54) is 11.3 Å². The van der Waals surface area contributed by atoms with Crippen LogP contribution in [0.25, 0.3) is 11.2 Å². The van der Waals surface area contributed by atoms with Crippen molar-refractivity contribution in [1.82, 2.24) is 14.4 Å². The second-order valence-electron chi connectivity index (χ2n) is 4.95. The lowest BCUT2D eigenvalue weighted by Gasteiger charge is -2.15. The first-order valence-corrected chi connectivity index (χ1v) is 7.71. The Morgan fingerprint density at radius 1 is 1.36 bits per heavy atom. The number of allylic oxidation sites excluding steroid dienone is 1. The van der Waals surface area contributed by atoms with Crippen LogP contribution in [0.15, 0.2) is 41.7 Å². The number of carbonyl (C=O) groups excluding carboxylic acids is 1. The van der Waals surface area contributed by atoms with Crippen LogP contribution in [0.5, 0.6) is 0 Å². The summed E-state index contributed by atoms with van der Waals surface area (Å²) in [6, 6.07) is 5.70. The zero-order chi connectivity index (χ0) is 15.1. The number of nitrogens with zero attached hydrogens (tertiary/aromatic N) is 3. The number of pyridine rings is 1. The number of nitrogens with one attached hydrogen (secondary N) is 1. The van der Waals surface area contributed by atoms with Crippen LogP contribution in [0.4, 0.5) is 5.13 Å². The van der Waals surface area contributed by atoms with Crippen molar-refractivity contribution < 1.29 is 9.90 Å². The molecule has 2 N–H and O–H groups in total. The van der Waals surface area contributed by atoms with E-state index in [4.69, 9.17) is 0 Å². The van der Waals surface area contributed by atoms with E-state index in [-0.39, 0.29) is 17.2 Å². The van der Waals surface area contributed by atoms with Gasteiger partial charge < -0.3 is 9.51 Å². The molecule has 0 unspecified atom stereocenters. The number of amides is 1. The number of aryl methyl sites for hydroxylation is 1. The summed E-state index contributed by atoms with van der Waals surface area (Å²) < 4.78 is 1.96. The predicted octanol–water partition coefficient (Wildman–Crippen LogP) is 2.64. The summed E-state index contributed by atoms with van der Waals surface area (Å²) in [5, 5.41) is 15.2. The first kappa shape index (κ1) is 13.0. The van der Waals surface area contributed by atoms with Gasteiger partial charge in [-0.1, -0.05) is 6.07 Å². The molecule has 0 fully saturated rings. The number of aromatic nitrogens is 3. The number of fused-ring (bicyclic) bond motifs is 3. The molecule has 6 nitrogen and oxygen atoms in total. The quantitative estimate of drug-likeness (QED) is 0.762. The topological polar surface area (TPSA) is 79.5 Å².